The number of nitrogens with two attached hydrogens (primary N) is 1. The summed E-state index contributed by atoms with van der Waals surface area (Å²) in [6, 6.07) is 1.39. The minimum Gasteiger partial charge on any atom is -0.385 e. The second-order valence-corrected chi connectivity index (χ2v) is 5.08. The van der Waals surface area contributed by atoms with Crippen LogP contribution >= 0.6 is 11.8 Å². The Kier molecular flexibility index (Phi) is 3.09. The van der Waals surface area contributed by atoms with Gasteiger partial charge in [0.25, 0.3) is 5.56 Å². The molecule has 1 saturated carbocycles. The normalized spacial score (nSPS) is 24.8. The predicted molar refractivity (Wildman–Crippen MR) is 65.9 cm³/mol. The lowest BCUT2D eigenvalue weighted by Gasteiger charge is -2.21. The fraction of sp³-hybridized carbons (Fsp3) is 0.600. The Hall–Kier alpha value is -1.17. The molecule has 1 heterocycles. The Labute approximate surface area is 97.1 Å². The average molecular weight is 241 g/mol. The van der Waals surface area contributed by atoms with Gasteiger partial charge in [-0.3, -0.25) is 14.3 Å². The molecule has 3 N–H and O–H groups in total. The smallest absolute Gasteiger partial charge is 0.330 e. The van der Waals surface area contributed by atoms with Crippen molar-refractivity contribution in [3.8, 4) is 0 Å². The van der Waals surface area contributed by atoms with Gasteiger partial charge in [-0.15, -0.1) is 0 Å². The molecule has 16 heavy (non-hydrogen) atoms. The summed E-state index contributed by atoms with van der Waals surface area (Å²) in [7, 11) is 0. The van der Waals surface area contributed by atoms with Gasteiger partial charge in [-0.05, 0) is 19.1 Å². The van der Waals surface area contributed by atoms with Crippen LogP contribution in [-0.4, -0.2) is 21.1 Å². The number of nitrogen functional groups attached to an aromatic ring is 1. The van der Waals surface area contributed by atoms with E-state index >= 15 is 0 Å². The highest BCUT2D eigenvalue weighted by Gasteiger charge is 2.29. The van der Waals surface area contributed by atoms with E-state index < -0.39 is 11.2 Å². The molecule has 0 amide bonds. The van der Waals surface area contributed by atoms with E-state index in [1.54, 1.807) is 11.8 Å². The van der Waals surface area contributed by atoms with Crippen LogP contribution in [0, 0.1) is 0 Å². The van der Waals surface area contributed by atoms with Crippen molar-refractivity contribution in [1.82, 2.24) is 9.55 Å². The Balaban J connectivity index is 2.48. The highest BCUT2D eigenvalue weighted by Crippen LogP contribution is 2.37. The molecule has 88 valence electrons. The molecule has 6 heteroatoms. The quantitative estimate of drug-likeness (QED) is 0.793. The summed E-state index contributed by atoms with van der Waals surface area (Å²) >= 11 is 1.75. The zero-order valence-electron chi connectivity index (χ0n) is 9.10. The molecule has 5 nitrogen and oxygen atoms in total. The largest absolute Gasteiger partial charge is 0.385 e. The van der Waals surface area contributed by atoms with Crippen LogP contribution in [0.1, 0.15) is 25.3 Å². The average Bonchev–Trinajstić information content (AvgIpc) is 2.64. The molecule has 1 aliphatic carbocycles. The number of thioether (sulfide) groups is 1. The molecule has 1 aromatic rings. The number of anilines is 1. The van der Waals surface area contributed by atoms with Crippen LogP contribution in [0.15, 0.2) is 15.7 Å². The first-order valence-electron chi connectivity index (χ1n) is 5.27. The first-order chi connectivity index (χ1) is 7.63. The van der Waals surface area contributed by atoms with Crippen molar-refractivity contribution in [2.24, 2.45) is 0 Å². The third kappa shape index (κ3) is 1.89. The highest BCUT2D eigenvalue weighted by atomic mass is 32.2. The molecule has 1 aliphatic rings. The van der Waals surface area contributed by atoms with Gasteiger partial charge in [-0.2, -0.15) is 11.8 Å². The molecule has 2 atom stereocenters. The van der Waals surface area contributed by atoms with Gasteiger partial charge in [0.2, 0.25) is 0 Å². The number of H-pyrrole nitrogens is 1. The summed E-state index contributed by atoms with van der Waals surface area (Å²) in [6.07, 6.45) is 5.18. The minimum absolute atomic E-state index is 0.111. The van der Waals surface area contributed by atoms with Gasteiger partial charge in [0, 0.05) is 11.3 Å². The van der Waals surface area contributed by atoms with Crippen LogP contribution in [0.4, 0.5) is 5.82 Å². The maximum absolute atomic E-state index is 11.7. The molecular weight excluding hydrogens is 226 g/mol. The molecule has 0 saturated heterocycles. The van der Waals surface area contributed by atoms with E-state index in [4.69, 9.17) is 5.73 Å². The van der Waals surface area contributed by atoms with Gasteiger partial charge in [-0.25, -0.2) is 4.79 Å². The molecule has 0 spiro atoms. The van der Waals surface area contributed by atoms with E-state index in [1.807, 2.05) is 6.26 Å². The summed E-state index contributed by atoms with van der Waals surface area (Å²) in [5.74, 6) is 0.264. The first-order valence-corrected chi connectivity index (χ1v) is 6.56. The lowest BCUT2D eigenvalue weighted by atomic mass is 10.2. The number of rotatable bonds is 2. The van der Waals surface area contributed by atoms with Gasteiger partial charge in [0.05, 0.1) is 6.04 Å². The fourth-order valence-corrected chi connectivity index (χ4v) is 3.32. The molecule has 0 aliphatic heterocycles. The molecular formula is C10H15N3O2S. The molecule has 0 radical (unpaired) electrons. The SMILES string of the molecule is CSC1CCCC1n1c(N)cc(=O)[nH]c1=O. The van der Waals surface area contributed by atoms with Gasteiger partial charge < -0.3 is 5.73 Å². The summed E-state index contributed by atoms with van der Waals surface area (Å²) < 4.78 is 1.52. The molecule has 0 aromatic carbocycles. The van der Waals surface area contributed by atoms with Crippen molar-refractivity contribution >= 4 is 17.6 Å². The van der Waals surface area contributed by atoms with E-state index in [-0.39, 0.29) is 11.9 Å². The van der Waals surface area contributed by atoms with E-state index in [2.05, 4.69) is 4.98 Å². The highest BCUT2D eigenvalue weighted by molar-refractivity contribution is 7.99. The van der Waals surface area contributed by atoms with Gasteiger partial charge in [0.15, 0.2) is 0 Å². The van der Waals surface area contributed by atoms with Crippen LogP contribution in [0.5, 0.6) is 0 Å². The third-order valence-corrected chi connectivity index (χ3v) is 4.21. The van der Waals surface area contributed by atoms with Crippen molar-refractivity contribution in [1.29, 1.82) is 0 Å². The standard InChI is InChI=1S/C10H15N3O2S/c1-16-7-4-2-3-6(7)13-8(11)5-9(14)12-10(13)15/h5-7H,2-4,11H2,1H3,(H,12,14,15). The Morgan fingerprint density at radius 3 is 2.88 bits per heavy atom. The first kappa shape index (κ1) is 11.3. The van der Waals surface area contributed by atoms with Crippen molar-refractivity contribution in [3.63, 3.8) is 0 Å². The lowest BCUT2D eigenvalue weighted by molar-refractivity contribution is 0.507. The van der Waals surface area contributed by atoms with Crippen LogP contribution < -0.4 is 17.0 Å². The van der Waals surface area contributed by atoms with Crippen LogP contribution in [-0.2, 0) is 0 Å². The monoisotopic (exact) mass is 241 g/mol. The second-order valence-electron chi connectivity index (χ2n) is 4.01. The molecule has 2 unspecified atom stereocenters. The van der Waals surface area contributed by atoms with E-state index in [0.717, 1.165) is 19.3 Å². The van der Waals surface area contributed by atoms with Crippen LogP contribution in [0.3, 0.4) is 0 Å². The van der Waals surface area contributed by atoms with Crippen molar-refractivity contribution in [2.45, 2.75) is 30.6 Å². The van der Waals surface area contributed by atoms with Crippen molar-refractivity contribution in [3.05, 3.63) is 26.9 Å². The zero-order chi connectivity index (χ0) is 11.7. The fourth-order valence-electron chi connectivity index (χ4n) is 2.34. The zero-order valence-corrected chi connectivity index (χ0v) is 9.92. The second kappa shape index (κ2) is 4.37. The molecule has 0 bridgehead atoms. The Bertz CT molecular complexity index is 494. The van der Waals surface area contributed by atoms with E-state index in [9.17, 15) is 9.59 Å². The summed E-state index contributed by atoms with van der Waals surface area (Å²) in [5, 5.41) is 0.408. The lowest BCUT2D eigenvalue weighted by Crippen LogP contribution is -2.35. The molecule has 1 aromatic heterocycles. The van der Waals surface area contributed by atoms with E-state index in [0.29, 0.717) is 5.25 Å². The van der Waals surface area contributed by atoms with Gasteiger partial charge in [0.1, 0.15) is 5.82 Å². The number of nitrogens with one attached hydrogen (secondary N) is 1. The third-order valence-electron chi connectivity index (χ3n) is 3.06. The van der Waals surface area contributed by atoms with Gasteiger partial charge in [-0.1, -0.05) is 6.42 Å². The Morgan fingerprint density at radius 1 is 1.50 bits per heavy atom. The summed E-state index contributed by atoms with van der Waals surface area (Å²) in [4.78, 5) is 25.1. The minimum atomic E-state index is -0.433. The van der Waals surface area contributed by atoms with Gasteiger partial charge >= 0.3 is 5.69 Å². The van der Waals surface area contributed by atoms with Crippen LogP contribution in [0.2, 0.25) is 0 Å². The number of aromatic amines is 1. The molecule has 2 rings (SSSR count). The number of hydrogen-bond acceptors (Lipinski definition) is 4. The number of hydrogen-bond donors (Lipinski definition) is 2. The predicted octanol–water partition coefficient (Wildman–Crippen LogP) is 0.575. The number of aromatic nitrogens is 2. The number of nitrogens with zero attached hydrogens (tertiary/aromatic N) is 1. The van der Waals surface area contributed by atoms with Crippen molar-refractivity contribution in [2.75, 3.05) is 12.0 Å². The van der Waals surface area contributed by atoms with Crippen molar-refractivity contribution < 1.29 is 0 Å². The van der Waals surface area contributed by atoms with Crippen LogP contribution in [0.25, 0.3) is 0 Å². The Morgan fingerprint density at radius 2 is 2.25 bits per heavy atom. The molecule has 1 fully saturated rings. The maximum Gasteiger partial charge on any atom is 0.330 e. The summed E-state index contributed by atoms with van der Waals surface area (Å²) in [5.41, 5.74) is 4.93. The topological polar surface area (TPSA) is 80.9 Å². The maximum atomic E-state index is 11.7. The summed E-state index contributed by atoms with van der Waals surface area (Å²) in [6.45, 7) is 0. The van der Waals surface area contributed by atoms with E-state index in [1.165, 1.54) is 10.6 Å².